The van der Waals surface area contributed by atoms with E-state index >= 15 is 0 Å². The number of hydrogen-bond donors (Lipinski definition) is 0. The fraction of sp³-hybridized carbons (Fsp3) is 0.667. The summed E-state index contributed by atoms with van der Waals surface area (Å²) in [5, 5.41) is 0. The van der Waals surface area contributed by atoms with Crippen molar-refractivity contribution in [1.29, 1.82) is 0 Å². The average molecular weight is 1120 g/mol. The third-order valence-corrected chi connectivity index (χ3v) is 14.2. The number of rotatable bonds is 60. The van der Waals surface area contributed by atoms with Crippen molar-refractivity contribution >= 4 is 17.9 Å². The zero-order valence-corrected chi connectivity index (χ0v) is 52.8. The van der Waals surface area contributed by atoms with Crippen molar-refractivity contribution in [3.63, 3.8) is 0 Å². The molecule has 81 heavy (non-hydrogen) atoms. The molecule has 0 aliphatic rings. The lowest BCUT2D eigenvalue weighted by Gasteiger charge is -2.18. The van der Waals surface area contributed by atoms with Crippen molar-refractivity contribution in [2.75, 3.05) is 13.2 Å². The minimum absolute atomic E-state index is 0.114. The van der Waals surface area contributed by atoms with E-state index in [0.29, 0.717) is 12.8 Å². The van der Waals surface area contributed by atoms with E-state index in [1.165, 1.54) is 154 Å². The zero-order valence-electron chi connectivity index (χ0n) is 52.8. The lowest BCUT2D eigenvalue weighted by atomic mass is 10.0. The Morgan fingerprint density at radius 1 is 0.272 bits per heavy atom. The molecular weight excluding hydrogens is 997 g/mol. The summed E-state index contributed by atoms with van der Waals surface area (Å²) in [6.45, 7) is 6.33. The number of allylic oxidation sites excluding steroid dienone is 21. The number of ether oxygens (including phenoxy) is 3. The van der Waals surface area contributed by atoms with Gasteiger partial charge in [0, 0.05) is 12.8 Å². The molecule has 0 aliphatic heterocycles. The highest BCUT2D eigenvalue weighted by atomic mass is 16.6. The van der Waals surface area contributed by atoms with Crippen LogP contribution in [0.2, 0.25) is 0 Å². The first-order chi connectivity index (χ1) is 40.0. The number of hydrogen-bond acceptors (Lipinski definition) is 6. The third kappa shape index (κ3) is 66.2. The van der Waals surface area contributed by atoms with Gasteiger partial charge in [-0.15, -0.1) is 0 Å². The number of carbonyl (C=O) groups is 3. The molecule has 0 aromatic heterocycles. The first-order valence-electron chi connectivity index (χ1n) is 33.7. The molecule has 6 heteroatoms. The van der Waals surface area contributed by atoms with Crippen LogP contribution in [0.15, 0.2) is 134 Å². The van der Waals surface area contributed by atoms with Crippen molar-refractivity contribution in [2.45, 2.75) is 309 Å². The van der Waals surface area contributed by atoms with Gasteiger partial charge in [0.15, 0.2) is 6.10 Å². The summed E-state index contributed by atoms with van der Waals surface area (Å²) >= 11 is 0. The van der Waals surface area contributed by atoms with Gasteiger partial charge in [-0.1, -0.05) is 302 Å². The molecule has 0 rings (SSSR count). The van der Waals surface area contributed by atoms with Crippen LogP contribution in [-0.2, 0) is 28.6 Å². The molecule has 0 saturated heterocycles. The second kappa shape index (κ2) is 68.1. The van der Waals surface area contributed by atoms with E-state index < -0.39 is 12.1 Å². The van der Waals surface area contributed by atoms with Gasteiger partial charge in [0.25, 0.3) is 0 Å². The highest BCUT2D eigenvalue weighted by Gasteiger charge is 2.19. The molecular formula is C75H124O6. The Morgan fingerprint density at radius 2 is 0.531 bits per heavy atom. The van der Waals surface area contributed by atoms with Gasteiger partial charge in [0.2, 0.25) is 0 Å². The van der Waals surface area contributed by atoms with Crippen molar-refractivity contribution in [2.24, 2.45) is 0 Å². The van der Waals surface area contributed by atoms with Crippen LogP contribution in [0.25, 0.3) is 0 Å². The average Bonchev–Trinajstić information content (AvgIpc) is 3.47. The highest BCUT2D eigenvalue weighted by molar-refractivity contribution is 5.72. The van der Waals surface area contributed by atoms with Gasteiger partial charge < -0.3 is 14.2 Å². The van der Waals surface area contributed by atoms with Crippen molar-refractivity contribution in [3.05, 3.63) is 134 Å². The predicted octanol–water partition coefficient (Wildman–Crippen LogP) is 23.3. The monoisotopic (exact) mass is 1120 g/mol. The summed E-state index contributed by atoms with van der Waals surface area (Å²) in [5.74, 6) is -1.05. The Hall–Kier alpha value is -4.45. The van der Waals surface area contributed by atoms with Gasteiger partial charge in [-0.25, -0.2) is 0 Å². The molecule has 0 aromatic rings. The van der Waals surface area contributed by atoms with Crippen LogP contribution >= 0.6 is 0 Å². The van der Waals surface area contributed by atoms with Crippen LogP contribution in [0.3, 0.4) is 0 Å². The summed E-state index contributed by atoms with van der Waals surface area (Å²) in [7, 11) is 0. The molecule has 0 N–H and O–H groups in total. The van der Waals surface area contributed by atoms with Gasteiger partial charge in [-0.05, 0) is 116 Å². The molecule has 0 spiro atoms. The van der Waals surface area contributed by atoms with Crippen molar-refractivity contribution < 1.29 is 28.6 Å². The summed E-state index contributed by atoms with van der Waals surface area (Å²) in [4.78, 5) is 38.3. The Kier molecular flexibility index (Phi) is 64.3. The van der Waals surface area contributed by atoms with Crippen LogP contribution in [-0.4, -0.2) is 37.2 Å². The highest BCUT2D eigenvalue weighted by Crippen LogP contribution is 2.16. The summed E-state index contributed by atoms with van der Waals surface area (Å²) < 4.78 is 16.8. The molecule has 1 atom stereocenters. The Labute approximate surface area is 500 Å². The Balaban J connectivity index is 4.39. The molecule has 0 radical (unpaired) electrons. The molecule has 0 fully saturated rings. The van der Waals surface area contributed by atoms with Crippen LogP contribution in [0.4, 0.5) is 0 Å². The minimum Gasteiger partial charge on any atom is -0.462 e. The van der Waals surface area contributed by atoms with Crippen molar-refractivity contribution in [1.82, 2.24) is 0 Å². The predicted molar refractivity (Wildman–Crippen MR) is 353 cm³/mol. The Bertz CT molecular complexity index is 1720. The second-order valence-electron chi connectivity index (χ2n) is 22.0. The van der Waals surface area contributed by atoms with E-state index in [0.717, 1.165) is 109 Å². The smallest absolute Gasteiger partial charge is 0.309 e. The maximum Gasteiger partial charge on any atom is 0.309 e. The molecule has 0 aliphatic carbocycles. The molecule has 0 bridgehead atoms. The maximum atomic E-state index is 12.9. The maximum absolute atomic E-state index is 12.9. The summed E-state index contributed by atoms with van der Waals surface area (Å²) in [6.07, 6.45) is 96.4. The second-order valence-corrected chi connectivity index (χ2v) is 22.0. The fourth-order valence-corrected chi connectivity index (χ4v) is 9.19. The van der Waals surface area contributed by atoms with E-state index in [1.807, 2.05) is 6.08 Å². The van der Waals surface area contributed by atoms with E-state index in [1.54, 1.807) is 6.08 Å². The van der Waals surface area contributed by atoms with E-state index in [2.05, 4.69) is 142 Å². The zero-order chi connectivity index (χ0) is 58.5. The van der Waals surface area contributed by atoms with E-state index in [9.17, 15) is 14.4 Å². The SMILES string of the molecule is CC/C=C\C/C=C\C/C=C\C/C=C\C/C=C\CC(=O)OCC(COC(=O)CCCCCCCCCCCCCCCCC/C=C\C/C=C\CCCCCCC)OC(=O)CCCCCCCCCC/C=C\C/C=C\C/C=C\C/C=C\CC. The molecule has 6 nitrogen and oxygen atoms in total. The number of esters is 3. The van der Waals surface area contributed by atoms with E-state index in [4.69, 9.17) is 14.2 Å². The first-order valence-corrected chi connectivity index (χ1v) is 33.7. The first kappa shape index (κ1) is 76.5. The topological polar surface area (TPSA) is 78.9 Å². The van der Waals surface area contributed by atoms with Gasteiger partial charge in [0.05, 0.1) is 6.42 Å². The summed E-state index contributed by atoms with van der Waals surface area (Å²) in [5.41, 5.74) is 0. The molecule has 0 heterocycles. The van der Waals surface area contributed by atoms with Crippen molar-refractivity contribution in [3.8, 4) is 0 Å². The third-order valence-electron chi connectivity index (χ3n) is 14.2. The van der Waals surface area contributed by atoms with Gasteiger partial charge in [0.1, 0.15) is 13.2 Å². The molecule has 0 amide bonds. The summed E-state index contributed by atoms with van der Waals surface area (Å²) in [6, 6.07) is 0. The largest absolute Gasteiger partial charge is 0.462 e. The quantitative estimate of drug-likeness (QED) is 0.0261. The van der Waals surface area contributed by atoms with Gasteiger partial charge >= 0.3 is 17.9 Å². The number of carbonyl (C=O) groups excluding carboxylic acids is 3. The van der Waals surface area contributed by atoms with Crippen LogP contribution in [0.1, 0.15) is 303 Å². The molecule has 0 saturated carbocycles. The van der Waals surface area contributed by atoms with Crippen LogP contribution in [0.5, 0.6) is 0 Å². The van der Waals surface area contributed by atoms with Gasteiger partial charge in [-0.3, -0.25) is 14.4 Å². The fourth-order valence-electron chi connectivity index (χ4n) is 9.19. The van der Waals surface area contributed by atoms with Gasteiger partial charge in [-0.2, -0.15) is 0 Å². The number of unbranched alkanes of at least 4 members (excludes halogenated alkanes) is 28. The van der Waals surface area contributed by atoms with Crippen LogP contribution < -0.4 is 0 Å². The van der Waals surface area contributed by atoms with E-state index in [-0.39, 0.29) is 31.6 Å². The molecule has 0 aromatic carbocycles. The standard InChI is InChI=1S/C75H124O6/c1-4-7-10-13-16-19-22-25-28-30-32-34-35-36-37-38-39-41-42-44-47-50-53-56-59-62-65-68-74(77)80-71-72(70-79-73(76)67-64-61-58-55-52-49-46-27-24-21-18-15-12-9-6-3)81-75(78)69-66-63-60-57-54-51-48-45-43-40-33-31-29-26-23-20-17-14-11-8-5-2/h8-9,11-12,17-18,20-22,25-27,29-30,32-33,40,46,52,55,61,64,72H,4-7,10,13-16,19,23-24,28,31,34-39,41-45,47-51,53-54,56-60,62-63,65-71H2,1-3H3/b11-8-,12-9-,20-17-,21-18-,25-22-,29-26-,32-30-,40-33-,46-27-,55-52-,64-61-. The lowest BCUT2D eigenvalue weighted by molar-refractivity contribution is -0.166. The van der Waals surface area contributed by atoms with Crippen LogP contribution in [0, 0.1) is 0 Å². The normalized spacial score (nSPS) is 13.0. The molecule has 460 valence electrons. The molecule has 1 unspecified atom stereocenters. The Morgan fingerprint density at radius 3 is 0.864 bits per heavy atom. The minimum atomic E-state index is -0.828. The lowest BCUT2D eigenvalue weighted by Crippen LogP contribution is -2.30.